The monoisotopic (exact) mass is 448 g/mol. The Labute approximate surface area is 186 Å². The van der Waals surface area contributed by atoms with E-state index < -0.39 is 5.97 Å². The number of anilines is 1. The first kappa shape index (κ1) is 21.3. The number of carbonyl (C=O) groups excluding carboxylic acids is 1. The molecule has 8 heteroatoms. The normalized spacial score (nSPS) is 20.6. The largest absolute Gasteiger partial charge is 0.464 e. The lowest BCUT2D eigenvalue weighted by Gasteiger charge is -2.42. The van der Waals surface area contributed by atoms with Gasteiger partial charge in [0.05, 0.1) is 28.5 Å². The first-order valence-electron chi connectivity index (χ1n) is 10.3. The fourth-order valence-electron chi connectivity index (χ4n) is 4.85. The van der Waals surface area contributed by atoms with Crippen LogP contribution in [-0.4, -0.2) is 42.2 Å². The molecule has 1 aliphatic heterocycles. The third-order valence-corrected chi connectivity index (χ3v) is 7.49. The van der Waals surface area contributed by atoms with Crippen molar-refractivity contribution in [2.24, 2.45) is 11.1 Å². The number of methoxy groups -OCH3 is 1. The van der Waals surface area contributed by atoms with Gasteiger partial charge in [-0.25, -0.2) is 14.8 Å². The van der Waals surface area contributed by atoms with Gasteiger partial charge in [0, 0.05) is 24.7 Å². The van der Waals surface area contributed by atoms with Crippen molar-refractivity contribution in [3.63, 3.8) is 0 Å². The standard InChI is InChI=1S/C22H26Cl2N4O2/c1-13-18(14-5-3-6-15(23)17(14)24)27-19(21(29)30-2)20(26-13)28-11-9-22(10-12-28)8-4-7-16(22)25/h3,5-6,16H,4,7-12,25H2,1-2H3/t16-/m1/s1. The van der Waals surface area contributed by atoms with E-state index in [4.69, 9.17) is 38.7 Å². The summed E-state index contributed by atoms with van der Waals surface area (Å²) in [5, 5.41) is 0.809. The van der Waals surface area contributed by atoms with Crippen molar-refractivity contribution in [2.45, 2.75) is 45.1 Å². The lowest BCUT2D eigenvalue weighted by Crippen LogP contribution is -2.47. The number of aryl methyl sites for hydroxylation is 1. The van der Waals surface area contributed by atoms with Crippen molar-refractivity contribution in [1.29, 1.82) is 0 Å². The Balaban J connectivity index is 1.71. The number of aromatic nitrogens is 2. The molecule has 1 saturated heterocycles. The number of esters is 1. The number of carbonyl (C=O) groups is 1. The highest BCUT2D eigenvalue weighted by molar-refractivity contribution is 6.43. The minimum absolute atomic E-state index is 0.195. The zero-order valence-corrected chi connectivity index (χ0v) is 18.8. The van der Waals surface area contributed by atoms with Gasteiger partial charge in [0.1, 0.15) is 0 Å². The van der Waals surface area contributed by atoms with Crippen LogP contribution in [-0.2, 0) is 4.74 Å². The van der Waals surface area contributed by atoms with Crippen molar-refractivity contribution >= 4 is 35.0 Å². The highest BCUT2D eigenvalue weighted by Crippen LogP contribution is 2.46. The van der Waals surface area contributed by atoms with Crippen LogP contribution in [0.4, 0.5) is 5.82 Å². The predicted molar refractivity (Wildman–Crippen MR) is 119 cm³/mol. The maximum absolute atomic E-state index is 12.6. The zero-order valence-electron chi connectivity index (χ0n) is 17.3. The van der Waals surface area contributed by atoms with Crippen LogP contribution in [0.1, 0.15) is 48.3 Å². The Bertz CT molecular complexity index is 974. The molecule has 1 spiro atoms. The van der Waals surface area contributed by atoms with Gasteiger partial charge in [-0.3, -0.25) is 0 Å². The van der Waals surface area contributed by atoms with Gasteiger partial charge in [0.2, 0.25) is 0 Å². The number of hydrogen-bond donors (Lipinski definition) is 1. The minimum Gasteiger partial charge on any atom is -0.464 e. The molecule has 0 bridgehead atoms. The Morgan fingerprint density at radius 3 is 2.60 bits per heavy atom. The predicted octanol–water partition coefficient (Wildman–Crippen LogP) is 4.64. The molecule has 1 atom stereocenters. The van der Waals surface area contributed by atoms with Crippen LogP contribution in [0.15, 0.2) is 18.2 Å². The van der Waals surface area contributed by atoms with Crippen molar-refractivity contribution in [3.05, 3.63) is 39.6 Å². The molecule has 6 nitrogen and oxygen atoms in total. The smallest absolute Gasteiger partial charge is 0.360 e. The maximum atomic E-state index is 12.6. The Morgan fingerprint density at radius 2 is 1.97 bits per heavy atom. The summed E-state index contributed by atoms with van der Waals surface area (Å²) in [5.41, 5.74) is 8.68. The van der Waals surface area contributed by atoms with E-state index >= 15 is 0 Å². The number of nitrogens with two attached hydrogens (primary N) is 1. The van der Waals surface area contributed by atoms with Gasteiger partial charge < -0.3 is 15.4 Å². The zero-order chi connectivity index (χ0) is 21.5. The van der Waals surface area contributed by atoms with Crippen LogP contribution in [0.3, 0.4) is 0 Å². The van der Waals surface area contributed by atoms with Crippen LogP contribution in [0.5, 0.6) is 0 Å². The van der Waals surface area contributed by atoms with Crippen molar-refractivity contribution in [3.8, 4) is 11.3 Å². The highest BCUT2D eigenvalue weighted by atomic mass is 35.5. The van der Waals surface area contributed by atoms with E-state index in [0.29, 0.717) is 32.8 Å². The SMILES string of the molecule is COC(=O)c1nc(-c2cccc(Cl)c2Cl)c(C)nc1N1CCC2(CCC[C@H]2N)CC1. The molecule has 2 aromatic rings. The number of nitrogens with zero attached hydrogens (tertiary/aromatic N) is 3. The van der Waals surface area contributed by atoms with Crippen molar-refractivity contribution in [2.75, 3.05) is 25.1 Å². The molecule has 0 amide bonds. The van der Waals surface area contributed by atoms with Gasteiger partial charge >= 0.3 is 5.97 Å². The number of halogens is 2. The topological polar surface area (TPSA) is 81.3 Å². The van der Waals surface area contributed by atoms with E-state index in [1.807, 2.05) is 13.0 Å². The van der Waals surface area contributed by atoms with Gasteiger partial charge in [-0.2, -0.15) is 0 Å². The fourth-order valence-corrected chi connectivity index (χ4v) is 5.24. The Kier molecular flexibility index (Phi) is 5.93. The number of hydrogen-bond acceptors (Lipinski definition) is 6. The summed E-state index contributed by atoms with van der Waals surface area (Å²) >= 11 is 12.6. The second-order valence-corrected chi connectivity index (χ2v) is 9.06. The summed E-state index contributed by atoms with van der Waals surface area (Å²) < 4.78 is 5.02. The molecule has 2 N–H and O–H groups in total. The molecule has 1 saturated carbocycles. The molecule has 1 aromatic heterocycles. The van der Waals surface area contributed by atoms with Crippen LogP contribution in [0, 0.1) is 12.3 Å². The quantitative estimate of drug-likeness (QED) is 0.688. The Hall–Kier alpha value is -1.89. The second-order valence-electron chi connectivity index (χ2n) is 8.27. The molecule has 0 unspecified atom stereocenters. The first-order chi connectivity index (χ1) is 14.4. The minimum atomic E-state index is -0.519. The van der Waals surface area contributed by atoms with E-state index in [0.717, 1.165) is 32.4 Å². The molecule has 2 heterocycles. The fraction of sp³-hybridized carbons (Fsp3) is 0.500. The molecule has 30 heavy (non-hydrogen) atoms. The van der Waals surface area contributed by atoms with Gasteiger partial charge in [0.25, 0.3) is 0 Å². The van der Waals surface area contributed by atoms with E-state index in [1.165, 1.54) is 20.0 Å². The average molecular weight is 449 g/mol. The number of piperidine rings is 1. The Morgan fingerprint density at radius 1 is 1.23 bits per heavy atom. The van der Waals surface area contributed by atoms with Crippen molar-refractivity contribution in [1.82, 2.24) is 9.97 Å². The summed E-state index contributed by atoms with van der Waals surface area (Å²) in [5.74, 6) is 0.0393. The molecule has 160 valence electrons. The summed E-state index contributed by atoms with van der Waals surface area (Å²) in [4.78, 5) is 24.2. The molecular weight excluding hydrogens is 423 g/mol. The molecule has 1 aromatic carbocycles. The highest BCUT2D eigenvalue weighted by Gasteiger charge is 2.43. The summed E-state index contributed by atoms with van der Waals surface area (Å²) in [6, 6.07) is 5.59. The maximum Gasteiger partial charge on any atom is 0.360 e. The van der Waals surface area contributed by atoms with Gasteiger partial charge in [-0.05, 0) is 44.1 Å². The molecular formula is C22H26Cl2N4O2. The molecule has 1 aliphatic carbocycles. The van der Waals surface area contributed by atoms with Gasteiger partial charge in [-0.15, -0.1) is 0 Å². The van der Waals surface area contributed by atoms with Crippen LogP contribution in [0.2, 0.25) is 10.0 Å². The lowest BCUT2D eigenvalue weighted by atomic mass is 9.74. The summed E-state index contributed by atoms with van der Waals surface area (Å²) in [6.07, 6.45) is 5.47. The van der Waals surface area contributed by atoms with Crippen molar-refractivity contribution < 1.29 is 9.53 Å². The van der Waals surface area contributed by atoms with E-state index in [2.05, 4.69) is 9.88 Å². The lowest BCUT2D eigenvalue weighted by molar-refractivity contribution is 0.0594. The van der Waals surface area contributed by atoms with E-state index in [9.17, 15) is 4.79 Å². The third kappa shape index (κ3) is 3.66. The summed E-state index contributed by atoms with van der Waals surface area (Å²) in [7, 11) is 1.35. The third-order valence-electron chi connectivity index (χ3n) is 6.67. The van der Waals surface area contributed by atoms with Gasteiger partial charge in [-0.1, -0.05) is 41.8 Å². The number of ether oxygens (including phenoxy) is 1. The molecule has 2 aliphatic rings. The molecule has 4 rings (SSSR count). The number of rotatable bonds is 3. The van der Waals surface area contributed by atoms with E-state index in [-0.39, 0.29) is 17.2 Å². The van der Waals surface area contributed by atoms with E-state index in [1.54, 1.807) is 12.1 Å². The molecule has 0 radical (unpaired) electrons. The van der Waals surface area contributed by atoms with Crippen LogP contribution < -0.4 is 10.6 Å². The van der Waals surface area contributed by atoms with Crippen LogP contribution >= 0.6 is 23.2 Å². The van der Waals surface area contributed by atoms with Gasteiger partial charge in [0.15, 0.2) is 11.5 Å². The molecule has 2 fully saturated rings. The average Bonchev–Trinajstić information content (AvgIpc) is 3.10. The summed E-state index contributed by atoms with van der Waals surface area (Å²) in [6.45, 7) is 3.45. The number of benzene rings is 1. The first-order valence-corrected chi connectivity index (χ1v) is 11.0. The van der Waals surface area contributed by atoms with Crippen LogP contribution in [0.25, 0.3) is 11.3 Å². The second kappa shape index (κ2) is 8.33.